The molecule has 0 bridgehead atoms. The number of carboxylic acids is 1. The highest BCUT2D eigenvalue weighted by Gasteiger charge is 2.30. The van der Waals surface area contributed by atoms with Gasteiger partial charge in [0.15, 0.2) is 0 Å². The smallest absolute Gasteiger partial charge is 0.321 e. The van der Waals surface area contributed by atoms with Crippen molar-refractivity contribution in [2.75, 3.05) is 18.4 Å². The summed E-state index contributed by atoms with van der Waals surface area (Å²) in [5, 5.41) is 12.2. The summed E-state index contributed by atoms with van der Waals surface area (Å²) in [6.45, 7) is 2.32. The number of furan rings is 1. The number of aliphatic carboxylic acids is 1. The number of hydrogen-bond acceptors (Lipinski definition) is 5. The molecule has 3 rings (SSSR count). The zero-order valence-electron chi connectivity index (χ0n) is 13.6. The number of nitrogens with one attached hydrogen (secondary N) is 1. The molecule has 3 amide bonds. The second kappa shape index (κ2) is 6.42. The van der Waals surface area contributed by atoms with Crippen LogP contribution in [0.5, 0.6) is 0 Å². The lowest BCUT2D eigenvalue weighted by atomic mass is 9.99. The number of piperidine rings is 1. The number of carbonyl (C=O) groups excluding carboxylic acids is 2. The molecule has 9 heteroatoms. The molecular formula is C16H18N4O5. The van der Waals surface area contributed by atoms with Crippen molar-refractivity contribution in [2.45, 2.75) is 19.8 Å². The fraction of sp³-hybridized carbons (Fsp3) is 0.375. The highest BCUT2D eigenvalue weighted by molar-refractivity contribution is 6.09. The third-order valence-corrected chi connectivity index (χ3v) is 4.21. The van der Waals surface area contributed by atoms with Crippen LogP contribution in [-0.4, -0.2) is 46.0 Å². The lowest BCUT2D eigenvalue weighted by Gasteiger charge is -2.30. The van der Waals surface area contributed by atoms with E-state index in [1.54, 1.807) is 19.1 Å². The minimum Gasteiger partial charge on any atom is -0.481 e. The number of aromatic nitrogens is 1. The molecule has 1 saturated heterocycles. The molecule has 9 nitrogen and oxygen atoms in total. The minimum absolute atomic E-state index is 0.111. The Balaban J connectivity index is 1.89. The largest absolute Gasteiger partial charge is 0.481 e. The summed E-state index contributed by atoms with van der Waals surface area (Å²) in [7, 11) is 0. The summed E-state index contributed by atoms with van der Waals surface area (Å²) in [4.78, 5) is 40.9. The monoisotopic (exact) mass is 346 g/mol. The highest BCUT2D eigenvalue weighted by Crippen LogP contribution is 2.30. The van der Waals surface area contributed by atoms with Gasteiger partial charge >= 0.3 is 12.0 Å². The van der Waals surface area contributed by atoms with Gasteiger partial charge in [-0.25, -0.2) is 9.78 Å². The summed E-state index contributed by atoms with van der Waals surface area (Å²) >= 11 is 0. The Kier molecular flexibility index (Phi) is 4.30. The van der Waals surface area contributed by atoms with Crippen molar-refractivity contribution < 1.29 is 23.9 Å². The first kappa shape index (κ1) is 16.7. The van der Waals surface area contributed by atoms with E-state index in [4.69, 9.17) is 15.3 Å². The lowest BCUT2D eigenvalue weighted by Crippen LogP contribution is -2.44. The molecule has 1 fully saturated rings. The molecule has 1 atom stereocenters. The second-order valence-corrected chi connectivity index (χ2v) is 6.03. The van der Waals surface area contributed by atoms with Gasteiger partial charge in [0.1, 0.15) is 5.69 Å². The average molecular weight is 346 g/mol. The van der Waals surface area contributed by atoms with Crippen molar-refractivity contribution in [1.29, 1.82) is 0 Å². The SMILES string of the molecule is Cc1ccc2c(NC(=O)N3CCC[C@H](C(=O)O)C3)c(C(N)=O)oc2n1. The molecule has 1 aliphatic rings. The van der Waals surface area contributed by atoms with E-state index in [9.17, 15) is 14.4 Å². The maximum atomic E-state index is 12.5. The molecular weight excluding hydrogens is 328 g/mol. The number of urea groups is 1. The molecule has 3 heterocycles. The van der Waals surface area contributed by atoms with Crippen LogP contribution in [0.15, 0.2) is 16.5 Å². The number of rotatable bonds is 3. The first-order valence-electron chi connectivity index (χ1n) is 7.85. The zero-order valence-corrected chi connectivity index (χ0v) is 13.6. The molecule has 4 N–H and O–H groups in total. The van der Waals surface area contributed by atoms with Crippen LogP contribution >= 0.6 is 0 Å². The maximum Gasteiger partial charge on any atom is 0.321 e. The van der Waals surface area contributed by atoms with E-state index in [1.165, 1.54) is 4.90 Å². The van der Waals surface area contributed by atoms with E-state index in [1.807, 2.05) is 0 Å². The summed E-state index contributed by atoms with van der Waals surface area (Å²) in [6.07, 6.45) is 1.13. The summed E-state index contributed by atoms with van der Waals surface area (Å²) in [5.41, 5.74) is 6.37. The van der Waals surface area contributed by atoms with Crippen LogP contribution in [0.3, 0.4) is 0 Å². The molecule has 0 aliphatic carbocycles. The Hall–Kier alpha value is -3.10. The number of amides is 3. The van der Waals surface area contributed by atoms with Crippen LogP contribution in [0, 0.1) is 12.8 Å². The van der Waals surface area contributed by atoms with Gasteiger partial charge in [-0.15, -0.1) is 0 Å². The van der Waals surface area contributed by atoms with Crippen LogP contribution in [0.2, 0.25) is 0 Å². The van der Waals surface area contributed by atoms with Crippen LogP contribution in [0.25, 0.3) is 11.1 Å². The van der Waals surface area contributed by atoms with Crippen molar-refractivity contribution in [3.05, 3.63) is 23.6 Å². The number of primary amides is 1. The number of aryl methyl sites for hydroxylation is 1. The fourth-order valence-corrected chi connectivity index (χ4v) is 2.92. The Morgan fingerprint density at radius 1 is 1.40 bits per heavy atom. The van der Waals surface area contributed by atoms with Crippen LogP contribution in [0.1, 0.15) is 29.1 Å². The second-order valence-electron chi connectivity index (χ2n) is 6.03. The zero-order chi connectivity index (χ0) is 18.1. The Morgan fingerprint density at radius 2 is 2.16 bits per heavy atom. The van der Waals surface area contributed by atoms with Crippen molar-refractivity contribution in [2.24, 2.45) is 11.7 Å². The number of carboxylic acid groups (broad SMARTS) is 1. The van der Waals surface area contributed by atoms with Gasteiger partial charge in [-0.05, 0) is 31.9 Å². The van der Waals surface area contributed by atoms with Gasteiger partial charge in [0.25, 0.3) is 5.91 Å². The summed E-state index contributed by atoms with van der Waals surface area (Å²) in [6, 6.07) is 2.90. The molecule has 2 aromatic heterocycles. The van der Waals surface area contributed by atoms with Gasteiger partial charge in [-0.1, -0.05) is 0 Å². The van der Waals surface area contributed by atoms with Gasteiger partial charge in [0.05, 0.1) is 11.3 Å². The van der Waals surface area contributed by atoms with Crippen molar-refractivity contribution in [3.8, 4) is 0 Å². The van der Waals surface area contributed by atoms with E-state index in [-0.39, 0.29) is 23.7 Å². The Labute approximate surface area is 142 Å². The Bertz CT molecular complexity index is 860. The van der Waals surface area contributed by atoms with Crippen LogP contribution in [0.4, 0.5) is 10.5 Å². The Morgan fingerprint density at radius 3 is 2.84 bits per heavy atom. The van der Waals surface area contributed by atoms with E-state index in [0.29, 0.717) is 30.5 Å². The first-order chi connectivity index (χ1) is 11.9. The molecule has 1 aliphatic heterocycles. The van der Waals surface area contributed by atoms with Gasteiger partial charge in [0.2, 0.25) is 11.5 Å². The summed E-state index contributed by atoms with van der Waals surface area (Å²) < 4.78 is 5.38. The van der Waals surface area contributed by atoms with Gasteiger partial charge < -0.3 is 25.5 Å². The number of carbonyl (C=O) groups is 3. The third kappa shape index (κ3) is 3.25. The van der Waals surface area contributed by atoms with E-state index in [0.717, 1.165) is 0 Å². The van der Waals surface area contributed by atoms with Gasteiger partial charge in [-0.2, -0.15) is 0 Å². The molecule has 2 aromatic rings. The molecule has 0 unspecified atom stereocenters. The molecule has 0 spiro atoms. The van der Waals surface area contributed by atoms with E-state index < -0.39 is 23.8 Å². The number of pyridine rings is 1. The van der Waals surface area contributed by atoms with E-state index in [2.05, 4.69) is 10.3 Å². The lowest BCUT2D eigenvalue weighted by molar-refractivity contribution is -0.143. The van der Waals surface area contributed by atoms with Crippen LogP contribution < -0.4 is 11.1 Å². The molecule has 132 valence electrons. The molecule has 0 radical (unpaired) electrons. The van der Waals surface area contributed by atoms with Crippen molar-refractivity contribution >= 4 is 34.7 Å². The third-order valence-electron chi connectivity index (χ3n) is 4.21. The standard InChI is InChI=1S/C16H18N4O5/c1-8-4-5-10-11(12(13(17)21)25-14(10)18-8)19-16(24)20-6-2-3-9(7-20)15(22)23/h4-5,9H,2-3,6-7H2,1H3,(H2,17,21)(H,19,24)(H,22,23)/t9-/m0/s1. The normalized spacial score (nSPS) is 17.5. The topological polar surface area (TPSA) is 139 Å². The van der Waals surface area contributed by atoms with E-state index >= 15 is 0 Å². The maximum absolute atomic E-state index is 12.5. The predicted molar refractivity (Wildman–Crippen MR) is 88.2 cm³/mol. The number of nitrogens with two attached hydrogens (primary N) is 1. The number of nitrogens with zero attached hydrogens (tertiary/aromatic N) is 2. The quantitative estimate of drug-likeness (QED) is 0.771. The minimum atomic E-state index is -0.927. The van der Waals surface area contributed by atoms with Gasteiger partial charge in [0, 0.05) is 18.8 Å². The predicted octanol–water partition coefficient (Wildman–Crippen LogP) is 1.56. The number of anilines is 1. The molecule has 25 heavy (non-hydrogen) atoms. The van der Waals surface area contributed by atoms with Crippen molar-refractivity contribution in [1.82, 2.24) is 9.88 Å². The number of fused-ring (bicyclic) bond motifs is 1. The first-order valence-corrected chi connectivity index (χ1v) is 7.85. The number of hydrogen-bond donors (Lipinski definition) is 3. The van der Waals surface area contributed by atoms with Crippen molar-refractivity contribution in [3.63, 3.8) is 0 Å². The fourth-order valence-electron chi connectivity index (χ4n) is 2.92. The van der Waals surface area contributed by atoms with Crippen LogP contribution in [-0.2, 0) is 4.79 Å². The molecule has 0 aromatic carbocycles. The average Bonchev–Trinajstić information content (AvgIpc) is 2.92. The summed E-state index contributed by atoms with van der Waals surface area (Å²) in [5.74, 6) is -2.54. The number of likely N-dealkylation sites (tertiary alicyclic amines) is 1. The highest BCUT2D eigenvalue weighted by atomic mass is 16.4. The van der Waals surface area contributed by atoms with Gasteiger partial charge in [-0.3, -0.25) is 9.59 Å². The molecule has 0 saturated carbocycles.